The molecule has 86 valence electrons. The maximum absolute atomic E-state index is 13.5. The van der Waals surface area contributed by atoms with E-state index in [2.05, 4.69) is 5.32 Å². The first-order valence-electron chi connectivity index (χ1n) is 5.36. The van der Waals surface area contributed by atoms with E-state index < -0.39 is 11.9 Å². The molecule has 0 aromatic heterocycles. The molecular formula is C12H14FNO2. The molecule has 2 atom stereocenters. The molecule has 1 aliphatic rings. The molecule has 0 saturated carbocycles. The smallest absolute Gasteiger partial charge is 0.307 e. The zero-order valence-corrected chi connectivity index (χ0v) is 8.82. The van der Waals surface area contributed by atoms with Crippen LogP contribution in [-0.2, 0) is 4.79 Å². The molecule has 1 aromatic rings. The lowest BCUT2D eigenvalue weighted by Gasteiger charge is -2.28. The lowest BCUT2D eigenvalue weighted by atomic mass is 9.85. The van der Waals surface area contributed by atoms with Crippen LogP contribution in [0.3, 0.4) is 0 Å². The summed E-state index contributed by atoms with van der Waals surface area (Å²) in [7, 11) is 0. The predicted molar refractivity (Wildman–Crippen MR) is 57.8 cm³/mol. The van der Waals surface area contributed by atoms with Gasteiger partial charge in [0, 0.05) is 19.0 Å². The van der Waals surface area contributed by atoms with Crippen molar-refractivity contribution in [1.29, 1.82) is 0 Å². The second kappa shape index (κ2) is 4.61. The molecule has 2 unspecified atom stereocenters. The first-order valence-corrected chi connectivity index (χ1v) is 5.36. The van der Waals surface area contributed by atoms with Crippen molar-refractivity contribution in [3.63, 3.8) is 0 Å². The molecule has 0 spiro atoms. The van der Waals surface area contributed by atoms with E-state index in [1.165, 1.54) is 6.07 Å². The van der Waals surface area contributed by atoms with Gasteiger partial charge >= 0.3 is 5.97 Å². The van der Waals surface area contributed by atoms with Crippen LogP contribution in [0.2, 0.25) is 0 Å². The van der Waals surface area contributed by atoms with Gasteiger partial charge in [0.1, 0.15) is 5.82 Å². The highest BCUT2D eigenvalue weighted by atomic mass is 19.1. The molecule has 2 rings (SSSR count). The first kappa shape index (κ1) is 11.1. The van der Waals surface area contributed by atoms with Crippen LogP contribution in [0.4, 0.5) is 4.39 Å². The number of halogens is 1. The number of benzene rings is 1. The maximum Gasteiger partial charge on any atom is 0.307 e. The lowest BCUT2D eigenvalue weighted by molar-refractivity contribution is -0.142. The highest BCUT2D eigenvalue weighted by Crippen LogP contribution is 2.28. The van der Waals surface area contributed by atoms with Gasteiger partial charge in [0.25, 0.3) is 0 Å². The number of carbonyl (C=O) groups is 1. The van der Waals surface area contributed by atoms with E-state index in [-0.39, 0.29) is 11.7 Å². The van der Waals surface area contributed by atoms with E-state index in [1.54, 1.807) is 18.2 Å². The van der Waals surface area contributed by atoms with Gasteiger partial charge in [-0.3, -0.25) is 4.79 Å². The summed E-state index contributed by atoms with van der Waals surface area (Å²) in [5, 5.41) is 12.0. The van der Waals surface area contributed by atoms with Crippen LogP contribution < -0.4 is 5.32 Å². The zero-order valence-electron chi connectivity index (χ0n) is 8.82. The van der Waals surface area contributed by atoms with E-state index >= 15 is 0 Å². The zero-order chi connectivity index (χ0) is 11.5. The summed E-state index contributed by atoms with van der Waals surface area (Å²) in [6.07, 6.45) is 0.503. The number of rotatable bonds is 2. The minimum Gasteiger partial charge on any atom is -0.481 e. The van der Waals surface area contributed by atoms with E-state index in [9.17, 15) is 9.18 Å². The van der Waals surface area contributed by atoms with Gasteiger partial charge in [-0.05, 0) is 18.1 Å². The predicted octanol–water partition coefficient (Wildman–Crippen LogP) is 1.60. The summed E-state index contributed by atoms with van der Waals surface area (Å²) in [4.78, 5) is 10.9. The average molecular weight is 223 g/mol. The van der Waals surface area contributed by atoms with Gasteiger partial charge in [-0.1, -0.05) is 18.2 Å². The maximum atomic E-state index is 13.5. The molecule has 2 N–H and O–H groups in total. The van der Waals surface area contributed by atoms with Crippen molar-refractivity contribution in [3.05, 3.63) is 35.6 Å². The Hall–Kier alpha value is -1.42. The Kier molecular flexibility index (Phi) is 3.19. The second-order valence-electron chi connectivity index (χ2n) is 4.15. The SMILES string of the molecule is O=C(O)C1CNCC(c2ccccc2F)C1. The third-order valence-corrected chi connectivity index (χ3v) is 3.04. The normalized spacial score (nSPS) is 25.3. The van der Waals surface area contributed by atoms with Gasteiger partial charge < -0.3 is 10.4 Å². The van der Waals surface area contributed by atoms with Crippen LogP contribution in [0.15, 0.2) is 24.3 Å². The summed E-state index contributed by atoms with van der Waals surface area (Å²) in [5.74, 6) is -1.52. The first-order chi connectivity index (χ1) is 7.68. The molecule has 4 heteroatoms. The second-order valence-corrected chi connectivity index (χ2v) is 4.15. The monoisotopic (exact) mass is 223 g/mol. The Morgan fingerprint density at radius 2 is 2.12 bits per heavy atom. The molecule has 16 heavy (non-hydrogen) atoms. The third-order valence-electron chi connectivity index (χ3n) is 3.04. The van der Waals surface area contributed by atoms with Crippen molar-refractivity contribution in [3.8, 4) is 0 Å². The lowest BCUT2D eigenvalue weighted by Crippen LogP contribution is -2.38. The van der Waals surface area contributed by atoms with Crippen LogP contribution in [0.1, 0.15) is 17.9 Å². The number of hydrogen-bond donors (Lipinski definition) is 2. The van der Waals surface area contributed by atoms with E-state index in [0.29, 0.717) is 25.1 Å². The number of piperidine rings is 1. The van der Waals surface area contributed by atoms with Crippen LogP contribution >= 0.6 is 0 Å². The Labute approximate surface area is 93.3 Å². The third kappa shape index (κ3) is 2.22. The molecule has 0 amide bonds. The quantitative estimate of drug-likeness (QED) is 0.800. The standard InChI is InChI=1S/C12H14FNO2/c13-11-4-2-1-3-10(11)8-5-9(12(15)16)7-14-6-8/h1-4,8-9,14H,5-7H2,(H,15,16). The number of nitrogens with one attached hydrogen (secondary N) is 1. The van der Waals surface area contributed by atoms with Gasteiger partial charge in [-0.2, -0.15) is 0 Å². The molecule has 1 saturated heterocycles. The number of hydrogen-bond acceptors (Lipinski definition) is 2. The summed E-state index contributed by atoms with van der Waals surface area (Å²) < 4.78 is 13.5. The highest BCUT2D eigenvalue weighted by Gasteiger charge is 2.28. The fraction of sp³-hybridized carbons (Fsp3) is 0.417. The van der Waals surface area contributed by atoms with Gasteiger partial charge in [0.2, 0.25) is 0 Å². The van der Waals surface area contributed by atoms with Gasteiger partial charge in [0.05, 0.1) is 5.92 Å². The molecule has 0 aliphatic carbocycles. The van der Waals surface area contributed by atoms with Crippen LogP contribution in [-0.4, -0.2) is 24.2 Å². The molecule has 1 aromatic carbocycles. The van der Waals surface area contributed by atoms with E-state index in [4.69, 9.17) is 5.11 Å². The van der Waals surface area contributed by atoms with Crippen LogP contribution in [0.5, 0.6) is 0 Å². The van der Waals surface area contributed by atoms with Gasteiger partial charge in [-0.25, -0.2) is 4.39 Å². The Morgan fingerprint density at radius 3 is 2.81 bits per heavy atom. The number of carboxylic acids is 1. The fourth-order valence-corrected chi connectivity index (χ4v) is 2.17. The Bertz CT molecular complexity index is 394. The largest absolute Gasteiger partial charge is 0.481 e. The van der Waals surface area contributed by atoms with E-state index in [1.807, 2.05) is 0 Å². The van der Waals surface area contributed by atoms with Crippen molar-refractivity contribution < 1.29 is 14.3 Å². The van der Waals surface area contributed by atoms with Gasteiger partial charge in [0.15, 0.2) is 0 Å². The van der Waals surface area contributed by atoms with Crippen molar-refractivity contribution in [2.75, 3.05) is 13.1 Å². The summed E-state index contributed by atoms with van der Waals surface area (Å²) in [5.41, 5.74) is 0.612. The molecule has 1 fully saturated rings. The average Bonchev–Trinajstić information content (AvgIpc) is 2.30. The van der Waals surface area contributed by atoms with Crippen molar-refractivity contribution in [1.82, 2.24) is 5.32 Å². The highest BCUT2D eigenvalue weighted by molar-refractivity contribution is 5.70. The molecule has 0 bridgehead atoms. The van der Waals surface area contributed by atoms with Crippen molar-refractivity contribution in [2.45, 2.75) is 12.3 Å². The summed E-state index contributed by atoms with van der Waals surface area (Å²) in [6, 6.07) is 6.57. The Morgan fingerprint density at radius 1 is 1.38 bits per heavy atom. The van der Waals surface area contributed by atoms with Crippen LogP contribution in [0.25, 0.3) is 0 Å². The summed E-state index contributed by atoms with van der Waals surface area (Å²) >= 11 is 0. The Balaban J connectivity index is 2.16. The van der Waals surface area contributed by atoms with E-state index in [0.717, 1.165) is 0 Å². The summed E-state index contributed by atoms with van der Waals surface area (Å²) in [6.45, 7) is 1.12. The number of carboxylic acid groups (broad SMARTS) is 1. The molecular weight excluding hydrogens is 209 g/mol. The molecule has 0 radical (unpaired) electrons. The fourth-order valence-electron chi connectivity index (χ4n) is 2.17. The van der Waals surface area contributed by atoms with Crippen LogP contribution in [0, 0.1) is 11.7 Å². The topological polar surface area (TPSA) is 49.3 Å². The minimum absolute atomic E-state index is 0.0453. The van der Waals surface area contributed by atoms with Crippen molar-refractivity contribution >= 4 is 5.97 Å². The minimum atomic E-state index is -0.812. The molecule has 3 nitrogen and oxygen atoms in total. The van der Waals surface area contributed by atoms with Crippen molar-refractivity contribution in [2.24, 2.45) is 5.92 Å². The number of aliphatic carboxylic acids is 1. The molecule has 1 heterocycles. The van der Waals surface area contributed by atoms with Gasteiger partial charge in [-0.15, -0.1) is 0 Å². The molecule has 1 aliphatic heterocycles.